The second-order valence-corrected chi connectivity index (χ2v) is 12.5. The maximum absolute atomic E-state index is 13.1. The van der Waals surface area contributed by atoms with Crippen molar-refractivity contribution >= 4 is 41.0 Å². The molecule has 1 saturated heterocycles. The molecular formula is C36H36N4O3S. The first-order chi connectivity index (χ1) is 21.5. The highest BCUT2D eigenvalue weighted by Gasteiger charge is 2.35. The van der Waals surface area contributed by atoms with Crippen molar-refractivity contribution in [3.8, 4) is 0 Å². The number of anilines is 2. The first-order valence-electron chi connectivity index (χ1n) is 15.1. The summed E-state index contributed by atoms with van der Waals surface area (Å²) in [4.78, 5) is 41.1. The minimum atomic E-state index is -0.265. The predicted octanol–water partition coefficient (Wildman–Crippen LogP) is 5.79. The quantitative estimate of drug-likeness (QED) is 0.177. The monoisotopic (exact) mass is 604 g/mol. The zero-order chi connectivity index (χ0) is 30.3. The fourth-order valence-electron chi connectivity index (χ4n) is 6.16. The van der Waals surface area contributed by atoms with Crippen LogP contribution < -0.4 is 21.1 Å². The topological polar surface area (TPSA) is 83.4 Å². The summed E-state index contributed by atoms with van der Waals surface area (Å²) in [7, 11) is 0. The van der Waals surface area contributed by atoms with E-state index >= 15 is 0 Å². The summed E-state index contributed by atoms with van der Waals surface area (Å²) in [6.45, 7) is 2.73. The van der Waals surface area contributed by atoms with E-state index in [1.807, 2.05) is 71.3 Å². The molecule has 0 spiro atoms. The molecule has 4 aromatic rings. The fourth-order valence-corrected chi connectivity index (χ4v) is 6.98. The maximum atomic E-state index is 13.1. The molecular weight excluding hydrogens is 568 g/mol. The largest absolute Gasteiger partial charge is 0.369 e. The van der Waals surface area contributed by atoms with Gasteiger partial charge in [0.25, 0.3) is 11.5 Å². The van der Waals surface area contributed by atoms with Crippen LogP contribution in [0.5, 0.6) is 0 Å². The summed E-state index contributed by atoms with van der Waals surface area (Å²) in [6, 6.07) is 31.0. The first-order valence-corrected chi connectivity index (χ1v) is 16.2. The molecule has 2 aliphatic rings. The third kappa shape index (κ3) is 7.14. The van der Waals surface area contributed by atoms with E-state index in [0.29, 0.717) is 30.3 Å². The van der Waals surface area contributed by atoms with Gasteiger partial charge < -0.3 is 20.1 Å². The van der Waals surface area contributed by atoms with E-state index in [9.17, 15) is 14.4 Å². The minimum absolute atomic E-state index is 0.0534. The van der Waals surface area contributed by atoms with Crippen LogP contribution in [0, 0.1) is 5.92 Å². The van der Waals surface area contributed by atoms with E-state index in [-0.39, 0.29) is 23.3 Å². The van der Waals surface area contributed by atoms with Crippen LogP contribution in [0.2, 0.25) is 0 Å². The van der Waals surface area contributed by atoms with Crippen molar-refractivity contribution in [1.29, 1.82) is 0 Å². The lowest BCUT2D eigenvalue weighted by molar-refractivity contribution is -0.111. The zero-order valence-corrected chi connectivity index (χ0v) is 25.3. The van der Waals surface area contributed by atoms with Crippen LogP contribution in [0.3, 0.4) is 0 Å². The lowest BCUT2D eigenvalue weighted by atomic mass is 9.83. The van der Waals surface area contributed by atoms with Crippen molar-refractivity contribution in [2.45, 2.75) is 24.6 Å². The van der Waals surface area contributed by atoms with Gasteiger partial charge in [-0.05, 0) is 53.8 Å². The summed E-state index contributed by atoms with van der Waals surface area (Å²) in [5.74, 6) is 1.80. The van der Waals surface area contributed by atoms with Gasteiger partial charge in [-0.2, -0.15) is 11.8 Å². The van der Waals surface area contributed by atoms with Gasteiger partial charge in [0.1, 0.15) is 0 Å². The lowest BCUT2D eigenvalue weighted by Crippen LogP contribution is -2.47. The van der Waals surface area contributed by atoms with Crippen LogP contribution in [0.15, 0.2) is 108 Å². The molecule has 2 unspecified atom stereocenters. The molecule has 2 bridgehead atoms. The number of nitrogens with one attached hydrogen (secondary N) is 2. The Morgan fingerprint density at radius 1 is 0.886 bits per heavy atom. The van der Waals surface area contributed by atoms with Crippen LogP contribution in [-0.2, 0) is 17.1 Å². The molecule has 3 heterocycles. The molecule has 8 heteroatoms. The molecule has 2 amide bonds. The highest BCUT2D eigenvalue weighted by Crippen LogP contribution is 2.39. The number of hydrogen-bond donors (Lipinski definition) is 2. The van der Waals surface area contributed by atoms with E-state index in [0.717, 1.165) is 48.0 Å². The fraction of sp³-hybridized carbons (Fsp3) is 0.250. The van der Waals surface area contributed by atoms with Gasteiger partial charge in [0.15, 0.2) is 0 Å². The number of pyridine rings is 1. The van der Waals surface area contributed by atoms with E-state index < -0.39 is 0 Å². The van der Waals surface area contributed by atoms with Gasteiger partial charge in [0.2, 0.25) is 5.91 Å². The second kappa shape index (κ2) is 13.8. The van der Waals surface area contributed by atoms with Crippen LogP contribution >= 0.6 is 11.8 Å². The smallest absolute Gasteiger partial charge is 0.251 e. The average Bonchev–Trinajstić information content (AvgIpc) is 3.05. The Labute approximate surface area is 262 Å². The number of carbonyl (C=O) groups is 2. The Bertz CT molecular complexity index is 1700. The Hall–Kier alpha value is -4.56. The molecule has 2 atom stereocenters. The van der Waals surface area contributed by atoms with Gasteiger partial charge in [-0.25, -0.2) is 0 Å². The summed E-state index contributed by atoms with van der Waals surface area (Å²) in [5, 5.41) is 6.08. The number of nitrogens with zero attached hydrogens (tertiary/aromatic N) is 2. The predicted molar refractivity (Wildman–Crippen MR) is 179 cm³/mol. The van der Waals surface area contributed by atoms with Crippen molar-refractivity contribution < 1.29 is 9.59 Å². The summed E-state index contributed by atoms with van der Waals surface area (Å²) >= 11 is 1.78. The molecule has 3 aromatic carbocycles. The molecule has 2 N–H and O–H groups in total. The molecule has 0 radical (unpaired) electrons. The van der Waals surface area contributed by atoms with Gasteiger partial charge in [0.05, 0.1) is 11.4 Å². The number of benzene rings is 3. The van der Waals surface area contributed by atoms with Gasteiger partial charge in [-0.3, -0.25) is 14.4 Å². The number of fused-ring (bicyclic) bond motifs is 4. The Morgan fingerprint density at radius 2 is 1.68 bits per heavy atom. The van der Waals surface area contributed by atoms with Crippen LogP contribution in [0.4, 0.5) is 11.4 Å². The van der Waals surface area contributed by atoms with Gasteiger partial charge in [-0.15, -0.1) is 0 Å². The molecule has 6 rings (SSSR count). The van der Waals surface area contributed by atoms with E-state index in [1.165, 1.54) is 11.6 Å². The number of hydrogen-bond acceptors (Lipinski definition) is 5. The van der Waals surface area contributed by atoms with Gasteiger partial charge in [-0.1, -0.05) is 66.7 Å². The number of rotatable bonds is 10. The summed E-state index contributed by atoms with van der Waals surface area (Å²) in [5.41, 5.74) is 5.29. The minimum Gasteiger partial charge on any atom is -0.369 e. The maximum Gasteiger partial charge on any atom is 0.251 e. The standard InChI is InChI=1S/C36H36N4O3S/c41-34(17-14-26-8-3-1-4-9-26)38-31-21-29(36(43)37-18-19-44-25-27-10-5-2-6-11-27)15-16-33(31)39-22-28-20-30(24-39)32-12-7-13-35(42)40(32)23-28/h1-17,21,28,30H,18-20,22-25H2,(H,37,43)(H,38,41). The van der Waals surface area contributed by atoms with Crippen molar-refractivity contribution in [3.63, 3.8) is 0 Å². The van der Waals surface area contributed by atoms with Crippen molar-refractivity contribution in [2.24, 2.45) is 5.92 Å². The average molecular weight is 605 g/mol. The van der Waals surface area contributed by atoms with Crippen LogP contribution in [0.1, 0.15) is 39.5 Å². The molecule has 44 heavy (non-hydrogen) atoms. The lowest BCUT2D eigenvalue weighted by Gasteiger charge is -2.44. The highest BCUT2D eigenvalue weighted by atomic mass is 32.2. The van der Waals surface area contributed by atoms with Crippen molar-refractivity contribution in [2.75, 3.05) is 35.6 Å². The van der Waals surface area contributed by atoms with Crippen LogP contribution in [-0.4, -0.2) is 41.8 Å². The molecule has 1 fully saturated rings. The Morgan fingerprint density at radius 3 is 2.50 bits per heavy atom. The Balaban J connectivity index is 1.18. The number of piperidine rings is 1. The molecule has 1 aromatic heterocycles. The number of amides is 2. The highest BCUT2D eigenvalue weighted by molar-refractivity contribution is 7.98. The third-order valence-electron chi connectivity index (χ3n) is 8.21. The second-order valence-electron chi connectivity index (χ2n) is 11.4. The summed E-state index contributed by atoms with van der Waals surface area (Å²) < 4.78 is 1.92. The first kappa shape index (κ1) is 29.5. The van der Waals surface area contributed by atoms with E-state index in [1.54, 1.807) is 30.0 Å². The number of carbonyl (C=O) groups excluding carboxylic acids is 2. The molecule has 0 saturated carbocycles. The normalized spacial score (nSPS) is 17.2. The van der Waals surface area contributed by atoms with Crippen molar-refractivity contribution in [1.82, 2.24) is 9.88 Å². The van der Waals surface area contributed by atoms with Gasteiger partial charge in [0, 0.05) is 67.0 Å². The zero-order valence-electron chi connectivity index (χ0n) is 24.5. The molecule has 224 valence electrons. The third-order valence-corrected chi connectivity index (χ3v) is 9.24. The molecule has 2 aliphatic heterocycles. The number of thioether (sulfide) groups is 1. The van der Waals surface area contributed by atoms with Crippen LogP contribution in [0.25, 0.3) is 6.08 Å². The molecule has 7 nitrogen and oxygen atoms in total. The number of aromatic nitrogens is 1. The summed E-state index contributed by atoms with van der Waals surface area (Å²) in [6.07, 6.45) is 4.33. The van der Waals surface area contributed by atoms with E-state index in [4.69, 9.17) is 0 Å². The molecule has 0 aliphatic carbocycles. The van der Waals surface area contributed by atoms with E-state index in [2.05, 4.69) is 33.7 Å². The Kier molecular flexibility index (Phi) is 9.27. The SMILES string of the molecule is O=C(C=Cc1ccccc1)Nc1cc(C(=O)NCCSCc2ccccc2)ccc1N1CC2CC(C1)c1cccc(=O)n1C2. The van der Waals surface area contributed by atoms with Crippen molar-refractivity contribution in [3.05, 3.63) is 136 Å². The van der Waals surface area contributed by atoms with Gasteiger partial charge >= 0.3 is 0 Å².